The molecule has 0 aromatic heterocycles. The maximum atomic E-state index is 2.85. The molecule has 148 valence electrons. The van der Waals surface area contributed by atoms with Gasteiger partial charge in [-0.25, -0.2) is 0 Å². The van der Waals surface area contributed by atoms with Gasteiger partial charge in [-0.2, -0.15) is 0 Å². The van der Waals surface area contributed by atoms with Gasteiger partial charge in [0.2, 0.25) is 0 Å². The maximum absolute atomic E-state index is 2.85. The Kier molecular flexibility index (Phi) is 6.69. The molecule has 0 radical (unpaired) electrons. The van der Waals surface area contributed by atoms with Crippen LogP contribution in [0.1, 0.15) is 113 Å². The third-order valence-corrected chi connectivity index (χ3v) is 7.05. The van der Waals surface area contributed by atoms with E-state index in [4.69, 9.17) is 0 Å². The SMILES string of the molecule is CCN(C1CCCC1)C(C)(C)CCC(C)(C)N(C1CCC1)C(C)(C)C. The third kappa shape index (κ3) is 5.01. The van der Waals surface area contributed by atoms with Gasteiger partial charge in [-0.3, -0.25) is 9.80 Å². The predicted molar refractivity (Wildman–Crippen MR) is 111 cm³/mol. The van der Waals surface area contributed by atoms with E-state index < -0.39 is 0 Å². The largest absolute Gasteiger partial charge is 0.296 e. The van der Waals surface area contributed by atoms with Gasteiger partial charge in [0, 0.05) is 28.7 Å². The van der Waals surface area contributed by atoms with Gasteiger partial charge < -0.3 is 0 Å². The van der Waals surface area contributed by atoms with E-state index >= 15 is 0 Å². The van der Waals surface area contributed by atoms with Crippen LogP contribution >= 0.6 is 0 Å². The van der Waals surface area contributed by atoms with E-state index in [1.165, 1.54) is 64.3 Å². The van der Waals surface area contributed by atoms with Crippen LogP contribution < -0.4 is 0 Å². The molecule has 0 aromatic rings. The zero-order valence-electron chi connectivity index (χ0n) is 18.6. The van der Waals surface area contributed by atoms with Crippen molar-refractivity contribution in [2.24, 2.45) is 0 Å². The van der Waals surface area contributed by atoms with Crippen LogP contribution in [0.25, 0.3) is 0 Å². The molecule has 2 rings (SSSR count). The monoisotopic (exact) mass is 350 g/mol. The first-order valence-corrected chi connectivity index (χ1v) is 11.1. The molecule has 25 heavy (non-hydrogen) atoms. The summed E-state index contributed by atoms with van der Waals surface area (Å²) in [5.74, 6) is 0. The Morgan fingerprint density at radius 2 is 1.16 bits per heavy atom. The van der Waals surface area contributed by atoms with Crippen LogP contribution in [0.3, 0.4) is 0 Å². The molecule has 0 amide bonds. The van der Waals surface area contributed by atoms with Crippen molar-refractivity contribution in [2.75, 3.05) is 6.54 Å². The van der Waals surface area contributed by atoms with Crippen LogP contribution in [0.15, 0.2) is 0 Å². The quantitative estimate of drug-likeness (QED) is 0.511. The molecule has 0 saturated heterocycles. The van der Waals surface area contributed by atoms with E-state index in [-0.39, 0.29) is 11.1 Å². The molecule has 0 atom stereocenters. The Morgan fingerprint density at radius 3 is 1.56 bits per heavy atom. The topological polar surface area (TPSA) is 6.48 Å². The van der Waals surface area contributed by atoms with Gasteiger partial charge in [0.1, 0.15) is 0 Å². The molecule has 2 saturated carbocycles. The van der Waals surface area contributed by atoms with Crippen LogP contribution in [0.5, 0.6) is 0 Å². The Balaban J connectivity index is 2.05. The van der Waals surface area contributed by atoms with Crippen molar-refractivity contribution in [1.29, 1.82) is 0 Å². The first-order valence-electron chi connectivity index (χ1n) is 11.1. The summed E-state index contributed by atoms with van der Waals surface area (Å²) >= 11 is 0. The first kappa shape index (κ1) is 21.2. The van der Waals surface area contributed by atoms with E-state index in [2.05, 4.69) is 65.2 Å². The Labute approximate surface area is 158 Å². The zero-order valence-corrected chi connectivity index (χ0v) is 18.6. The summed E-state index contributed by atoms with van der Waals surface area (Å²) in [6, 6.07) is 1.63. The van der Waals surface area contributed by atoms with Crippen LogP contribution in [0.2, 0.25) is 0 Å². The van der Waals surface area contributed by atoms with E-state index in [0.717, 1.165) is 12.1 Å². The van der Waals surface area contributed by atoms with Gasteiger partial charge in [-0.05, 0) is 93.5 Å². The van der Waals surface area contributed by atoms with Gasteiger partial charge in [0.25, 0.3) is 0 Å². The molecule has 0 heterocycles. The molecule has 0 bridgehead atoms. The van der Waals surface area contributed by atoms with E-state index in [9.17, 15) is 0 Å². The van der Waals surface area contributed by atoms with Crippen molar-refractivity contribution in [3.63, 3.8) is 0 Å². The number of hydrogen-bond donors (Lipinski definition) is 0. The summed E-state index contributed by atoms with van der Waals surface area (Å²) in [6.45, 7) is 20.8. The fourth-order valence-electron chi connectivity index (χ4n) is 5.87. The lowest BCUT2D eigenvalue weighted by Crippen LogP contribution is -2.61. The minimum Gasteiger partial charge on any atom is -0.296 e. The molecular weight excluding hydrogens is 304 g/mol. The van der Waals surface area contributed by atoms with Crippen molar-refractivity contribution >= 4 is 0 Å². The number of nitrogens with zero attached hydrogens (tertiary/aromatic N) is 2. The van der Waals surface area contributed by atoms with E-state index in [0.29, 0.717) is 5.54 Å². The fourth-order valence-corrected chi connectivity index (χ4v) is 5.87. The molecule has 2 aliphatic carbocycles. The smallest absolute Gasteiger partial charge is 0.0162 e. The van der Waals surface area contributed by atoms with Gasteiger partial charge in [0.05, 0.1) is 0 Å². The highest BCUT2D eigenvalue weighted by Gasteiger charge is 2.43. The van der Waals surface area contributed by atoms with Gasteiger partial charge in [-0.15, -0.1) is 0 Å². The fraction of sp³-hybridized carbons (Fsp3) is 1.00. The second-order valence-electron chi connectivity index (χ2n) is 11.0. The average Bonchev–Trinajstić information content (AvgIpc) is 2.93. The first-order chi connectivity index (χ1) is 11.5. The van der Waals surface area contributed by atoms with Crippen molar-refractivity contribution in [3.05, 3.63) is 0 Å². The van der Waals surface area contributed by atoms with Crippen LogP contribution in [-0.2, 0) is 0 Å². The summed E-state index contributed by atoms with van der Waals surface area (Å²) in [5, 5.41) is 0. The minimum atomic E-state index is 0.259. The van der Waals surface area contributed by atoms with Crippen molar-refractivity contribution in [3.8, 4) is 0 Å². The standard InChI is InChI=1S/C23H46N2/c1-9-24(19-13-10-11-14-19)22(5,6)17-18-23(7,8)25(21(2,3)4)20-15-12-16-20/h19-20H,9-18H2,1-8H3. The van der Waals surface area contributed by atoms with Crippen molar-refractivity contribution in [1.82, 2.24) is 9.80 Å². The van der Waals surface area contributed by atoms with Crippen molar-refractivity contribution < 1.29 is 0 Å². The second kappa shape index (κ2) is 7.89. The Bertz CT molecular complexity index is 408. The van der Waals surface area contributed by atoms with Crippen LogP contribution in [0, 0.1) is 0 Å². The zero-order chi connectivity index (χ0) is 18.9. The highest BCUT2D eigenvalue weighted by molar-refractivity contribution is 4.99. The van der Waals surface area contributed by atoms with Crippen molar-refractivity contribution in [2.45, 2.75) is 142 Å². The van der Waals surface area contributed by atoms with Gasteiger partial charge in [-0.1, -0.05) is 26.2 Å². The molecule has 2 fully saturated rings. The molecule has 0 spiro atoms. The van der Waals surface area contributed by atoms with Gasteiger partial charge in [0.15, 0.2) is 0 Å². The molecule has 2 aliphatic rings. The summed E-state index contributed by atoms with van der Waals surface area (Å²) < 4.78 is 0. The van der Waals surface area contributed by atoms with Crippen LogP contribution in [0.4, 0.5) is 0 Å². The lowest BCUT2D eigenvalue weighted by Gasteiger charge is -2.55. The second-order valence-corrected chi connectivity index (χ2v) is 11.0. The highest BCUT2D eigenvalue weighted by Crippen LogP contribution is 2.40. The summed E-state index contributed by atoms with van der Waals surface area (Å²) in [7, 11) is 0. The lowest BCUT2D eigenvalue weighted by molar-refractivity contribution is -0.0550. The average molecular weight is 351 g/mol. The minimum absolute atomic E-state index is 0.259. The van der Waals surface area contributed by atoms with Crippen LogP contribution in [-0.4, -0.2) is 45.0 Å². The molecule has 2 heteroatoms. The molecular formula is C23H46N2. The number of hydrogen-bond acceptors (Lipinski definition) is 2. The molecule has 0 aromatic carbocycles. The van der Waals surface area contributed by atoms with E-state index in [1.807, 2.05) is 0 Å². The molecule has 0 N–H and O–H groups in total. The maximum Gasteiger partial charge on any atom is 0.0162 e. The molecule has 0 unspecified atom stereocenters. The summed E-state index contributed by atoms with van der Waals surface area (Å²) in [6.07, 6.45) is 12.5. The third-order valence-electron chi connectivity index (χ3n) is 7.05. The summed E-state index contributed by atoms with van der Waals surface area (Å²) in [5.41, 5.74) is 0.842. The number of rotatable bonds is 8. The normalized spacial score (nSPS) is 21.4. The lowest BCUT2D eigenvalue weighted by atomic mass is 9.79. The molecule has 2 nitrogen and oxygen atoms in total. The highest BCUT2D eigenvalue weighted by atomic mass is 15.3. The van der Waals surface area contributed by atoms with E-state index in [1.54, 1.807) is 0 Å². The summed E-state index contributed by atoms with van der Waals surface area (Å²) in [4.78, 5) is 5.67. The van der Waals surface area contributed by atoms with Gasteiger partial charge >= 0.3 is 0 Å². The molecule has 0 aliphatic heterocycles. The Morgan fingerprint density at radius 1 is 0.680 bits per heavy atom. The Hall–Kier alpha value is -0.0800. The predicted octanol–water partition coefficient (Wildman–Crippen LogP) is 6.24.